The van der Waals surface area contributed by atoms with E-state index in [9.17, 15) is 9.18 Å². The van der Waals surface area contributed by atoms with Gasteiger partial charge in [-0.3, -0.25) is 4.79 Å². The molecule has 1 aliphatic heterocycles. The van der Waals surface area contributed by atoms with Gasteiger partial charge in [-0.15, -0.1) is 0 Å². The van der Waals surface area contributed by atoms with E-state index >= 15 is 0 Å². The molecule has 0 bridgehead atoms. The van der Waals surface area contributed by atoms with Crippen molar-refractivity contribution in [1.29, 1.82) is 0 Å². The monoisotopic (exact) mass is 379 g/mol. The quantitative estimate of drug-likeness (QED) is 0.738. The molecule has 0 aromatic heterocycles. The molecule has 0 spiro atoms. The zero-order valence-electron chi connectivity index (χ0n) is 9.54. The molecule has 2 rings (SSSR count). The van der Waals surface area contributed by atoms with E-state index in [0.717, 1.165) is 0 Å². The first-order chi connectivity index (χ1) is 8.63. The predicted molar refractivity (Wildman–Crippen MR) is 73.5 cm³/mol. The van der Waals surface area contributed by atoms with E-state index in [0.29, 0.717) is 35.1 Å². The fourth-order valence-electron chi connectivity index (χ4n) is 1.87. The number of halogens is 3. The standard InChI is InChI=1S/C12H12Br2FNO2/c13-6-9-7-18-4-3-16(9)12(17)10-2-1-8(15)5-11(10)14/h1-2,5,9H,3-4,6-7H2. The van der Waals surface area contributed by atoms with Crippen LogP contribution in [0.1, 0.15) is 10.4 Å². The van der Waals surface area contributed by atoms with Gasteiger partial charge in [0.1, 0.15) is 5.82 Å². The van der Waals surface area contributed by atoms with E-state index in [1.165, 1.54) is 18.2 Å². The van der Waals surface area contributed by atoms with Gasteiger partial charge in [0.05, 0.1) is 24.8 Å². The molecule has 1 unspecified atom stereocenters. The Morgan fingerprint density at radius 2 is 2.33 bits per heavy atom. The van der Waals surface area contributed by atoms with Crippen LogP contribution in [0.4, 0.5) is 4.39 Å². The molecule has 0 saturated carbocycles. The summed E-state index contributed by atoms with van der Waals surface area (Å²) >= 11 is 6.60. The lowest BCUT2D eigenvalue weighted by Crippen LogP contribution is -2.49. The third-order valence-electron chi connectivity index (χ3n) is 2.83. The summed E-state index contributed by atoms with van der Waals surface area (Å²) in [4.78, 5) is 14.2. The highest BCUT2D eigenvalue weighted by atomic mass is 79.9. The molecule has 1 fully saturated rings. The summed E-state index contributed by atoms with van der Waals surface area (Å²) in [5.74, 6) is -0.466. The Kier molecular flexibility index (Phi) is 4.75. The minimum absolute atomic E-state index is 0.0169. The Morgan fingerprint density at radius 1 is 1.56 bits per heavy atom. The van der Waals surface area contributed by atoms with Crippen LogP contribution >= 0.6 is 31.9 Å². The van der Waals surface area contributed by atoms with Gasteiger partial charge in [-0.25, -0.2) is 4.39 Å². The van der Waals surface area contributed by atoms with Gasteiger partial charge in [-0.2, -0.15) is 0 Å². The first-order valence-corrected chi connectivity index (χ1v) is 7.44. The summed E-state index contributed by atoms with van der Waals surface area (Å²) in [7, 11) is 0. The number of benzene rings is 1. The number of amides is 1. The van der Waals surface area contributed by atoms with Gasteiger partial charge in [-0.05, 0) is 34.1 Å². The third-order valence-corrected chi connectivity index (χ3v) is 4.23. The Labute approximate surface area is 122 Å². The van der Waals surface area contributed by atoms with Crippen LogP contribution in [-0.4, -0.2) is 41.9 Å². The predicted octanol–water partition coefficient (Wildman–Crippen LogP) is 2.82. The van der Waals surface area contributed by atoms with Crippen LogP contribution in [0.15, 0.2) is 22.7 Å². The Balaban J connectivity index is 2.24. The number of rotatable bonds is 2. The lowest BCUT2D eigenvalue weighted by molar-refractivity contribution is 0.00519. The second-order valence-corrected chi connectivity index (χ2v) is 5.51. The van der Waals surface area contributed by atoms with Crippen molar-refractivity contribution in [2.24, 2.45) is 0 Å². The van der Waals surface area contributed by atoms with Crippen molar-refractivity contribution in [1.82, 2.24) is 4.90 Å². The van der Waals surface area contributed by atoms with Gasteiger partial charge < -0.3 is 9.64 Å². The summed E-state index contributed by atoms with van der Waals surface area (Å²) < 4.78 is 18.8. The van der Waals surface area contributed by atoms with Crippen LogP contribution < -0.4 is 0 Å². The van der Waals surface area contributed by atoms with Crippen molar-refractivity contribution < 1.29 is 13.9 Å². The third kappa shape index (κ3) is 2.92. The SMILES string of the molecule is O=C(c1ccc(F)cc1Br)N1CCOCC1CBr. The van der Waals surface area contributed by atoms with Crippen LogP contribution in [0.2, 0.25) is 0 Å². The largest absolute Gasteiger partial charge is 0.377 e. The fraction of sp³-hybridized carbons (Fsp3) is 0.417. The maximum atomic E-state index is 13.0. The van der Waals surface area contributed by atoms with E-state index in [-0.39, 0.29) is 17.8 Å². The molecule has 6 heteroatoms. The van der Waals surface area contributed by atoms with Crippen LogP contribution in [0.3, 0.4) is 0 Å². The number of carbonyl (C=O) groups is 1. The molecule has 0 aliphatic carbocycles. The van der Waals surface area contributed by atoms with Gasteiger partial charge in [0.25, 0.3) is 5.91 Å². The Hall–Kier alpha value is -0.460. The smallest absolute Gasteiger partial charge is 0.255 e. The van der Waals surface area contributed by atoms with Crippen LogP contribution in [0.25, 0.3) is 0 Å². The van der Waals surface area contributed by atoms with Crippen LogP contribution in [0.5, 0.6) is 0 Å². The summed E-state index contributed by atoms with van der Waals surface area (Å²) in [6, 6.07) is 4.11. The summed E-state index contributed by atoms with van der Waals surface area (Å²) in [5, 5.41) is 0.664. The molecule has 1 aromatic carbocycles. The lowest BCUT2D eigenvalue weighted by Gasteiger charge is -2.34. The van der Waals surface area contributed by atoms with Gasteiger partial charge >= 0.3 is 0 Å². The number of carbonyl (C=O) groups excluding carboxylic acids is 1. The van der Waals surface area contributed by atoms with E-state index in [1.54, 1.807) is 4.90 Å². The fourth-order valence-corrected chi connectivity index (χ4v) is 2.92. The Bertz CT molecular complexity index is 456. The van der Waals surface area contributed by atoms with Gasteiger partial charge in [0.15, 0.2) is 0 Å². The lowest BCUT2D eigenvalue weighted by atomic mass is 10.1. The van der Waals surface area contributed by atoms with E-state index in [2.05, 4.69) is 31.9 Å². The topological polar surface area (TPSA) is 29.5 Å². The number of ether oxygens (including phenoxy) is 1. The molecule has 1 heterocycles. The normalized spacial score (nSPS) is 19.9. The van der Waals surface area contributed by atoms with E-state index in [1.807, 2.05) is 0 Å². The van der Waals surface area contributed by atoms with Crippen molar-refractivity contribution >= 4 is 37.8 Å². The van der Waals surface area contributed by atoms with Crippen molar-refractivity contribution in [3.05, 3.63) is 34.1 Å². The molecule has 1 amide bonds. The molecular weight excluding hydrogens is 369 g/mol. The minimum Gasteiger partial charge on any atom is -0.377 e. The highest BCUT2D eigenvalue weighted by Crippen LogP contribution is 2.22. The summed E-state index contributed by atoms with van der Waals surface area (Å²) in [5.41, 5.74) is 0.476. The highest BCUT2D eigenvalue weighted by molar-refractivity contribution is 9.10. The van der Waals surface area contributed by atoms with Crippen molar-refractivity contribution in [3.8, 4) is 0 Å². The van der Waals surface area contributed by atoms with E-state index in [4.69, 9.17) is 4.74 Å². The molecular formula is C12H12Br2FNO2. The summed E-state index contributed by atoms with van der Waals surface area (Å²) in [6.07, 6.45) is 0. The number of hydrogen-bond acceptors (Lipinski definition) is 2. The number of alkyl halides is 1. The molecule has 18 heavy (non-hydrogen) atoms. The summed E-state index contributed by atoms with van der Waals surface area (Å²) in [6.45, 7) is 1.61. The first kappa shape index (κ1) is 14.0. The van der Waals surface area contributed by atoms with Crippen molar-refractivity contribution in [2.75, 3.05) is 25.1 Å². The Morgan fingerprint density at radius 3 is 3.00 bits per heavy atom. The molecule has 98 valence electrons. The first-order valence-electron chi connectivity index (χ1n) is 5.53. The zero-order valence-corrected chi connectivity index (χ0v) is 12.7. The minimum atomic E-state index is -0.363. The molecule has 1 aliphatic rings. The van der Waals surface area contributed by atoms with Crippen molar-refractivity contribution in [3.63, 3.8) is 0 Å². The second-order valence-electron chi connectivity index (χ2n) is 4.01. The maximum absolute atomic E-state index is 13.0. The van der Waals surface area contributed by atoms with Crippen LogP contribution in [0, 0.1) is 5.82 Å². The van der Waals surface area contributed by atoms with Gasteiger partial charge in [0, 0.05) is 16.3 Å². The average molecular weight is 381 g/mol. The zero-order chi connectivity index (χ0) is 13.1. The molecule has 1 atom stereocenters. The number of morpholine rings is 1. The number of hydrogen-bond donors (Lipinski definition) is 0. The van der Waals surface area contributed by atoms with Gasteiger partial charge in [0.2, 0.25) is 0 Å². The highest BCUT2D eigenvalue weighted by Gasteiger charge is 2.28. The van der Waals surface area contributed by atoms with E-state index < -0.39 is 0 Å². The number of nitrogens with zero attached hydrogens (tertiary/aromatic N) is 1. The average Bonchev–Trinajstić information content (AvgIpc) is 2.38. The molecule has 0 N–H and O–H groups in total. The molecule has 1 aromatic rings. The van der Waals surface area contributed by atoms with Crippen LogP contribution in [-0.2, 0) is 4.74 Å². The van der Waals surface area contributed by atoms with Crippen molar-refractivity contribution in [2.45, 2.75) is 6.04 Å². The maximum Gasteiger partial charge on any atom is 0.255 e. The molecule has 3 nitrogen and oxygen atoms in total. The molecule has 1 saturated heterocycles. The molecule has 0 radical (unpaired) electrons. The van der Waals surface area contributed by atoms with Gasteiger partial charge in [-0.1, -0.05) is 15.9 Å². The second kappa shape index (κ2) is 6.12.